The van der Waals surface area contributed by atoms with Crippen molar-refractivity contribution in [2.75, 3.05) is 10.2 Å². The molecule has 156 valence electrons. The third-order valence-electron chi connectivity index (χ3n) is 4.94. The van der Waals surface area contributed by atoms with Crippen LogP contribution in [0.4, 0.5) is 11.4 Å². The fourth-order valence-electron chi connectivity index (χ4n) is 3.47. The lowest BCUT2D eigenvalue weighted by Gasteiger charge is -2.16. The van der Waals surface area contributed by atoms with Gasteiger partial charge in [0.15, 0.2) is 0 Å². The van der Waals surface area contributed by atoms with Gasteiger partial charge >= 0.3 is 0 Å². The minimum Gasteiger partial charge on any atom is -0.322 e. The van der Waals surface area contributed by atoms with Crippen molar-refractivity contribution in [1.82, 2.24) is 4.98 Å². The van der Waals surface area contributed by atoms with Gasteiger partial charge in [0.2, 0.25) is 5.91 Å². The summed E-state index contributed by atoms with van der Waals surface area (Å²) in [6.07, 6.45) is 3.04. The zero-order valence-corrected chi connectivity index (χ0v) is 18.0. The van der Waals surface area contributed by atoms with Crippen LogP contribution in [-0.2, 0) is 4.79 Å². The largest absolute Gasteiger partial charge is 0.322 e. The lowest BCUT2D eigenvalue weighted by atomic mass is 10.1. The molecule has 32 heavy (non-hydrogen) atoms. The highest BCUT2D eigenvalue weighted by molar-refractivity contribution is 7.19. The Hall–Kier alpha value is -3.81. The molecule has 0 radical (unpaired) electrons. The molecular formula is C24H14ClN3O3S. The van der Waals surface area contributed by atoms with E-state index in [0.29, 0.717) is 16.8 Å². The molecule has 0 aliphatic carbocycles. The average Bonchev–Trinajstić information content (AvgIpc) is 3.32. The van der Waals surface area contributed by atoms with Crippen LogP contribution in [0.25, 0.3) is 16.3 Å². The number of carbonyl (C=O) groups is 3. The summed E-state index contributed by atoms with van der Waals surface area (Å²) >= 11 is 7.85. The van der Waals surface area contributed by atoms with Crippen molar-refractivity contribution in [3.8, 4) is 0 Å². The molecule has 0 saturated heterocycles. The molecule has 3 aromatic carbocycles. The van der Waals surface area contributed by atoms with Crippen LogP contribution in [0.5, 0.6) is 0 Å². The van der Waals surface area contributed by atoms with Gasteiger partial charge in [0.25, 0.3) is 11.8 Å². The Labute approximate surface area is 191 Å². The third kappa shape index (κ3) is 3.57. The second-order valence-electron chi connectivity index (χ2n) is 7.00. The molecule has 1 aliphatic rings. The number of imide groups is 1. The molecule has 1 N–H and O–H groups in total. The number of aromatic nitrogens is 1. The second-order valence-corrected chi connectivity index (χ2v) is 8.47. The van der Waals surface area contributed by atoms with Crippen LogP contribution in [-0.4, -0.2) is 22.7 Å². The number of halogens is 1. The van der Waals surface area contributed by atoms with Gasteiger partial charge in [-0.2, -0.15) is 0 Å². The van der Waals surface area contributed by atoms with Crippen LogP contribution in [0.2, 0.25) is 5.02 Å². The van der Waals surface area contributed by atoms with Gasteiger partial charge in [0, 0.05) is 11.8 Å². The predicted octanol–water partition coefficient (Wildman–Crippen LogP) is 5.40. The van der Waals surface area contributed by atoms with Crippen LogP contribution in [0.3, 0.4) is 0 Å². The minimum atomic E-state index is -0.428. The molecule has 0 fully saturated rings. The third-order valence-corrected chi connectivity index (χ3v) is 6.24. The number of anilines is 2. The molecule has 2 heterocycles. The molecule has 0 atom stereocenters. The maximum atomic E-state index is 12.7. The number of hydrogen-bond acceptors (Lipinski definition) is 5. The van der Waals surface area contributed by atoms with Gasteiger partial charge in [-0.05, 0) is 48.5 Å². The summed E-state index contributed by atoms with van der Waals surface area (Å²) in [5.41, 5.74) is 2.26. The zero-order valence-electron chi connectivity index (χ0n) is 16.4. The molecule has 5 rings (SSSR count). The van der Waals surface area contributed by atoms with Crippen molar-refractivity contribution in [2.24, 2.45) is 0 Å². The Balaban J connectivity index is 1.32. The lowest BCUT2D eigenvalue weighted by molar-refractivity contribution is -0.111. The van der Waals surface area contributed by atoms with E-state index in [4.69, 9.17) is 11.6 Å². The zero-order chi connectivity index (χ0) is 22.2. The van der Waals surface area contributed by atoms with E-state index in [9.17, 15) is 14.4 Å². The molecular weight excluding hydrogens is 446 g/mol. The highest BCUT2D eigenvalue weighted by atomic mass is 35.5. The number of thiazole rings is 1. The molecule has 1 aliphatic heterocycles. The highest BCUT2D eigenvalue weighted by Crippen LogP contribution is 2.34. The fourth-order valence-corrected chi connectivity index (χ4v) is 4.60. The summed E-state index contributed by atoms with van der Waals surface area (Å²) < 4.78 is 1.04. The number of rotatable bonds is 4. The number of nitrogens with one attached hydrogen (secondary N) is 1. The van der Waals surface area contributed by atoms with E-state index in [2.05, 4.69) is 10.3 Å². The van der Waals surface area contributed by atoms with Gasteiger partial charge in [0.1, 0.15) is 5.01 Å². The van der Waals surface area contributed by atoms with E-state index < -0.39 is 11.8 Å². The molecule has 0 bridgehead atoms. The van der Waals surface area contributed by atoms with Crippen molar-refractivity contribution < 1.29 is 14.4 Å². The van der Waals surface area contributed by atoms with Gasteiger partial charge in [-0.25, -0.2) is 9.88 Å². The number of hydrogen-bond donors (Lipinski definition) is 1. The van der Waals surface area contributed by atoms with E-state index in [1.54, 1.807) is 36.4 Å². The first kappa shape index (κ1) is 20.1. The Kier molecular flexibility index (Phi) is 5.05. The average molecular weight is 460 g/mol. The number of nitrogens with zero attached hydrogens (tertiary/aromatic N) is 2. The first-order valence-corrected chi connectivity index (χ1v) is 10.8. The molecule has 0 spiro atoms. The summed E-state index contributed by atoms with van der Waals surface area (Å²) in [7, 11) is 0. The van der Waals surface area contributed by atoms with Gasteiger partial charge in [-0.3, -0.25) is 14.4 Å². The molecule has 0 unspecified atom stereocenters. The first-order chi connectivity index (χ1) is 15.5. The van der Waals surface area contributed by atoms with Gasteiger partial charge in [-0.1, -0.05) is 35.9 Å². The molecule has 0 saturated carbocycles. The summed E-state index contributed by atoms with van der Waals surface area (Å²) in [6.45, 7) is 0. The van der Waals surface area contributed by atoms with Gasteiger partial charge < -0.3 is 5.32 Å². The number of amides is 3. The summed E-state index contributed by atoms with van der Waals surface area (Å²) in [5, 5.41) is 3.62. The van der Waals surface area contributed by atoms with Crippen LogP contribution >= 0.6 is 22.9 Å². The maximum absolute atomic E-state index is 12.7. The van der Waals surface area contributed by atoms with Gasteiger partial charge in [-0.15, -0.1) is 11.3 Å². The van der Waals surface area contributed by atoms with Crippen molar-refractivity contribution in [2.45, 2.75) is 0 Å². The Morgan fingerprint density at radius 3 is 2.34 bits per heavy atom. The quantitative estimate of drug-likeness (QED) is 0.327. The smallest absolute Gasteiger partial charge is 0.266 e. The number of benzene rings is 3. The van der Waals surface area contributed by atoms with Crippen molar-refractivity contribution in [3.63, 3.8) is 0 Å². The van der Waals surface area contributed by atoms with E-state index >= 15 is 0 Å². The normalized spacial score (nSPS) is 13.2. The molecule has 4 aromatic rings. The Morgan fingerprint density at radius 1 is 0.969 bits per heavy atom. The predicted molar refractivity (Wildman–Crippen MR) is 126 cm³/mol. The van der Waals surface area contributed by atoms with E-state index in [1.165, 1.54) is 29.5 Å². The number of carbonyl (C=O) groups excluding carboxylic acids is 3. The SMILES string of the molecule is O=C(/C=C/c1nc2ccccc2s1)Nc1ccc(N2C(=O)c3ccccc3C2=O)c(Cl)c1. The maximum Gasteiger partial charge on any atom is 0.266 e. The fraction of sp³-hybridized carbons (Fsp3) is 0. The topological polar surface area (TPSA) is 79.4 Å². The van der Waals surface area contributed by atoms with Crippen LogP contribution in [0, 0.1) is 0 Å². The Bertz CT molecular complexity index is 1380. The van der Waals surface area contributed by atoms with Crippen LogP contribution in [0.15, 0.2) is 72.8 Å². The van der Waals surface area contributed by atoms with Gasteiger partial charge in [0.05, 0.1) is 32.1 Å². The van der Waals surface area contributed by atoms with Crippen LogP contribution in [0.1, 0.15) is 25.7 Å². The van der Waals surface area contributed by atoms with E-state index in [-0.39, 0.29) is 16.6 Å². The highest BCUT2D eigenvalue weighted by Gasteiger charge is 2.37. The van der Waals surface area contributed by atoms with Crippen molar-refractivity contribution in [1.29, 1.82) is 0 Å². The summed E-state index contributed by atoms with van der Waals surface area (Å²) in [6, 6.07) is 19.0. The van der Waals surface area contributed by atoms with Crippen LogP contribution < -0.4 is 10.2 Å². The summed E-state index contributed by atoms with van der Waals surface area (Å²) in [4.78, 5) is 43.2. The summed E-state index contributed by atoms with van der Waals surface area (Å²) in [5.74, 6) is -1.21. The lowest BCUT2D eigenvalue weighted by Crippen LogP contribution is -2.29. The number of para-hydroxylation sites is 1. The monoisotopic (exact) mass is 459 g/mol. The van der Waals surface area contributed by atoms with E-state index in [1.807, 2.05) is 24.3 Å². The van der Waals surface area contributed by atoms with Crippen molar-refractivity contribution >= 4 is 68.3 Å². The number of fused-ring (bicyclic) bond motifs is 2. The minimum absolute atomic E-state index is 0.174. The van der Waals surface area contributed by atoms with E-state index in [0.717, 1.165) is 20.1 Å². The Morgan fingerprint density at radius 2 is 1.66 bits per heavy atom. The first-order valence-electron chi connectivity index (χ1n) is 9.63. The molecule has 6 nitrogen and oxygen atoms in total. The molecule has 3 amide bonds. The standard InChI is InChI=1S/C24H14ClN3O3S/c25-17-13-14(26-21(29)11-12-22-27-18-7-3-4-8-20(18)32-22)9-10-19(17)28-23(30)15-5-1-2-6-16(15)24(28)31/h1-13H,(H,26,29)/b12-11+. The second kappa shape index (κ2) is 8.03. The van der Waals surface area contributed by atoms with Crippen molar-refractivity contribution in [3.05, 3.63) is 94.0 Å². The molecule has 8 heteroatoms. The molecule has 1 aromatic heterocycles.